The van der Waals surface area contributed by atoms with Gasteiger partial charge in [-0.05, 0) is 36.5 Å². The predicted octanol–water partition coefficient (Wildman–Crippen LogP) is 2.30. The molecule has 1 aliphatic carbocycles. The zero-order valence-electron chi connectivity index (χ0n) is 12.0. The van der Waals surface area contributed by atoms with E-state index in [1.54, 1.807) is 12.1 Å². The third kappa shape index (κ3) is 3.24. The van der Waals surface area contributed by atoms with Crippen LogP contribution < -0.4 is 16.2 Å². The first-order valence-electron chi connectivity index (χ1n) is 6.89. The first kappa shape index (κ1) is 15.1. The lowest BCUT2D eigenvalue weighted by molar-refractivity contribution is 0.217. The first-order valence-corrected chi connectivity index (χ1v) is 8.44. The van der Waals surface area contributed by atoms with Gasteiger partial charge in [-0.15, -0.1) is 0 Å². The number of hydrogen-bond acceptors (Lipinski definition) is 4. The molecule has 0 radical (unpaired) electrons. The van der Waals surface area contributed by atoms with Crippen LogP contribution in [0, 0.1) is 5.41 Å². The average Bonchev–Trinajstić information content (AvgIpc) is 2.30. The standard InChI is InChI=1S/C14H23N3O2S/c1-14(2)8-4-3-5-13(14)17-10-6-7-12(11(15)9-10)20(16,18)19/h6-7,9,13,17H,3-5,8,15H2,1-2H3,(H2,16,18,19). The Balaban J connectivity index is 2.21. The van der Waals surface area contributed by atoms with Gasteiger partial charge in [0.25, 0.3) is 0 Å². The summed E-state index contributed by atoms with van der Waals surface area (Å²) in [7, 11) is -3.76. The maximum atomic E-state index is 11.3. The Kier molecular flexibility index (Phi) is 3.97. The second-order valence-corrected chi connectivity index (χ2v) is 7.76. The molecule has 5 N–H and O–H groups in total. The highest BCUT2D eigenvalue weighted by Crippen LogP contribution is 2.37. The van der Waals surface area contributed by atoms with Crippen molar-refractivity contribution in [2.45, 2.75) is 50.5 Å². The van der Waals surface area contributed by atoms with E-state index in [1.165, 1.54) is 25.3 Å². The minimum Gasteiger partial charge on any atom is -0.398 e. The molecule has 5 nitrogen and oxygen atoms in total. The second-order valence-electron chi connectivity index (χ2n) is 6.23. The topological polar surface area (TPSA) is 98.2 Å². The summed E-state index contributed by atoms with van der Waals surface area (Å²) >= 11 is 0. The van der Waals surface area contributed by atoms with E-state index in [2.05, 4.69) is 19.2 Å². The van der Waals surface area contributed by atoms with Crippen molar-refractivity contribution in [1.82, 2.24) is 0 Å². The zero-order chi connectivity index (χ0) is 15.0. The third-order valence-corrected chi connectivity index (χ3v) is 5.15. The van der Waals surface area contributed by atoms with Crippen molar-refractivity contribution in [2.24, 2.45) is 10.6 Å². The summed E-state index contributed by atoms with van der Waals surface area (Å²) in [4.78, 5) is -0.0223. The van der Waals surface area contributed by atoms with Crippen molar-refractivity contribution in [2.75, 3.05) is 11.1 Å². The molecule has 1 fully saturated rings. The van der Waals surface area contributed by atoms with Gasteiger partial charge in [-0.25, -0.2) is 13.6 Å². The van der Waals surface area contributed by atoms with Crippen LogP contribution in [0.15, 0.2) is 23.1 Å². The van der Waals surface area contributed by atoms with Gasteiger partial charge in [-0.3, -0.25) is 0 Å². The molecule has 1 aromatic rings. The van der Waals surface area contributed by atoms with Crippen molar-refractivity contribution in [3.05, 3.63) is 18.2 Å². The van der Waals surface area contributed by atoms with E-state index < -0.39 is 10.0 Å². The Labute approximate surface area is 120 Å². The van der Waals surface area contributed by atoms with Gasteiger partial charge in [0.05, 0.1) is 5.69 Å². The lowest BCUT2D eigenvalue weighted by atomic mass is 9.73. The molecule has 0 saturated heterocycles. The Morgan fingerprint density at radius 3 is 2.55 bits per heavy atom. The fourth-order valence-corrected chi connectivity index (χ4v) is 3.51. The number of anilines is 2. The molecule has 0 spiro atoms. The predicted molar refractivity (Wildman–Crippen MR) is 81.9 cm³/mol. The molecule has 0 heterocycles. The van der Waals surface area contributed by atoms with Gasteiger partial charge in [-0.2, -0.15) is 0 Å². The van der Waals surface area contributed by atoms with E-state index in [9.17, 15) is 8.42 Å². The highest BCUT2D eigenvalue weighted by atomic mass is 32.2. The molecular formula is C14H23N3O2S. The summed E-state index contributed by atoms with van der Waals surface area (Å²) in [5, 5.41) is 8.58. The SMILES string of the molecule is CC1(C)CCCCC1Nc1ccc(S(N)(=O)=O)c(N)c1. The minimum atomic E-state index is -3.76. The molecular weight excluding hydrogens is 274 g/mol. The van der Waals surface area contributed by atoms with Crippen molar-refractivity contribution in [3.63, 3.8) is 0 Å². The summed E-state index contributed by atoms with van der Waals surface area (Å²) < 4.78 is 22.7. The van der Waals surface area contributed by atoms with Crippen LogP contribution in [0.5, 0.6) is 0 Å². The van der Waals surface area contributed by atoms with Gasteiger partial charge >= 0.3 is 0 Å². The smallest absolute Gasteiger partial charge is 0.240 e. The number of rotatable bonds is 3. The monoisotopic (exact) mass is 297 g/mol. The van der Waals surface area contributed by atoms with Crippen LogP contribution in [0.3, 0.4) is 0 Å². The van der Waals surface area contributed by atoms with Crippen LogP contribution in [0.2, 0.25) is 0 Å². The summed E-state index contributed by atoms with van der Waals surface area (Å²) in [6, 6.07) is 5.20. The molecule has 2 rings (SSSR count). The molecule has 6 heteroatoms. The fourth-order valence-electron chi connectivity index (χ4n) is 2.86. The van der Waals surface area contributed by atoms with Crippen molar-refractivity contribution >= 4 is 21.4 Å². The number of primary sulfonamides is 1. The van der Waals surface area contributed by atoms with Gasteiger partial charge in [-0.1, -0.05) is 26.7 Å². The lowest BCUT2D eigenvalue weighted by Crippen LogP contribution is -2.38. The minimum absolute atomic E-state index is 0.0223. The molecule has 0 bridgehead atoms. The van der Waals surface area contributed by atoms with Crippen molar-refractivity contribution < 1.29 is 8.42 Å². The number of nitrogen functional groups attached to an aromatic ring is 1. The highest BCUT2D eigenvalue weighted by Gasteiger charge is 2.32. The van der Waals surface area contributed by atoms with Crippen molar-refractivity contribution in [1.29, 1.82) is 0 Å². The molecule has 1 unspecified atom stereocenters. The molecule has 0 aliphatic heterocycles. The maximum absolute atomic E-state index is 11.3. The quantitative estimate of drug-likeness (QED) is 0.745. The Morgan fingerprint density at radius 1 is 1.30 bits per heavy atom. The number of hydrogen-bond donors (Lipinski definition) is 3. The van der Waals surface area contributed by atoms with Gasteiger partial charge in [0, 0.05) is 11.7 Å². The van der Waals surface area contributed by atoms with Gasteiger partial charge in [0.15, 0.2) is 0 Å². The van der Waals surface area contributed by atoms with Gasteiger partial charge in [0.1, 0.15) is 4.90 Å². The molecule has 1 atom stereocenters. The molecule has 112 valence electrons. The van der Waals surface area contributed by atoms with E-state index in [0.29, 0.717) is 6.04 Å². The van der Waals surface area contributed by atoms with Crippen LogP contribution in [-0.4, -0.2) is 14.5 Å². The molecule has 1 aliphatic rings. The Morgan fingerprint density at radius 2 is 2.00 bits per heavy atom. The van der Waals surface area contributed by atoms with Gasteiger partial charge < -0.3 is 11.1 Å². The fraction of sp³-hybridized carbons (Fsp3) is 0.571. The molecule has 0 amide bonds. The largest absolute Gasteiger partial charge is 0.398 e. The third-order valence-electron chi connectivity index (χ3n) is 4.16. The lowest BCUT2D eigenvalue weighted by Gasteiger charge is -2.39. The van der Waals surface area contributed by atoms with E-state index >= 15 is 0 Å². The average molecular weight is 297 g/mol. The van der Waals surface area contributed by atoms with Crippen LogP contribution >= 0.6 is 0 Å². The molecule has 1 aromatic carbocycles. The molecule has 0 aromatic heterocycles. The number of nitrogens with two attached hydrogens (primary N) is 2. The highest BCUT2D eigenvalue weighted by molar-refractivity contribution is 7.89. The first-order chi connectivity index (χ1) is 9.20. The second kappa shape index (κ2) is 5.26. The number of benzene rings is 1. The Hall–Kier alpha value is -1.27. The summed E-state index contributed by atoms with van der Waals surface area (Å²) in [6.07, 6.45) is 4.78. The number of nitrogens with one attached hydrogen (secondary N) is 1. The molecule has 20 heavy (non-hydrogen) atoms. The zero-order valence-corrected chi connectivity index (χ0v) is 12.8. The summed E-state index contributed by atoms with van der Waals surface area (Å²) in [6.45, 7) is 4.51. The van der Waals surface area contributed by atoms with Crippen LogP contribution in [0.25, 0.3) is 0 Å². The van der Waals surface area contributed by atoms with Crippen LogP contribution in [0.4, 0.5) is 11.4 Å². The van der Waals surface area contributed by atoms with Gasteiger partial charge in [0.2, 0.25) is 10.0 Å². The Bertz CT molecular complexity index is 596. The van der Waals surface area contributed by atoms with Crippen molar-refractivity contribution in [3.8, 4) is 0 Å². The number of sulfonamides is 1. The summed E-state index contributed by atoms with van der Waals surface area (Å²) in [5.74, 6) is 0. The van der Waals surface area contributed by atoms with E-state index in [4.69, 9.17) is 10.9 Å². The molecule has 1 saturated carbocycles. The normalized spacial score (nSPS) is 22.4. The van der Waals surface area contributed by atoms with Crippen LogP contribution in [-0.2, 0) is 10.0 Å². The van der Waals surface area contributed by atoms with E-state index in [1.807, 2.05) is 0 Å². The summed E-state index contributed by atoms with van der Waals surface area (Å²) in [5.41, 5.74) is 7.04. The van der Waals surface area contributed by atoms with E-state index in [-0.39, 0.29) is 16.0 Å². The van der Waals surface area contributed by atoms with E-state index in [0.717, 1.165) is 12.1 Å². The maximum Gasteiger partial charge on any atom is 0.240 e. The van der Waals surface area contributed by atoms with Crippen LogP contribution in [0.1, 0.15) is 39.5 Å².